The van der Waals surface area contributed by atoms with Crippen molar-refractivity contribution < 1.29 is 49.4 Å². The third kappa shape index (κ3) is 3.28. The topological polar surface area (TPSA) is 111 Å². The summed E-state index contributed by atoms with van der Waals surface area (Å²) in [5, 5.41) is 0. The van der Waals surface area contributed by atoms with E-state index in [0.717, 1.165) is 0 Å². The molecule has 0 saturated carbocycles. The Kier molecular flexibility index (Phi) is 4.06. The fourth-order valence-corrected chi connectivity index (χ4v) is 39.9. The molecule has 0 N–H and O–H groups in total. The van der Waals surface area contributed by atoms with Crippen molar-refractivity contribution in [1.29, 1.82) is 0 Å². The highest BCUT2D eigenvalue weighted by Gasteiger charge is 2.74. The Morgan fingerprint density at radius 3 is 0.654 bits per heavy atom. The first-order chi connectivity index (χ1) is 11.8. The van der Waals surface area contributed by atoms with E-state index in [1.54, 1.807) is 39.3 Å². The van der Waals surface area contributed by atoms with Crippen molar-refractivity contribution >= 4 is 71.9 Å². The zero-order valence-corrected chi connectivity index (χ0v) is 22.9. The summed E-state index contributed by atoms with van der Waals surface area (Å²) in [5.74, 6) is 0. The van der Waals surface area contributed by atoms with Gasteiger partial charge in [0.25, 0.3) is 0 Å². The second kappa shape index (κ2) is 5.48. The Balaban J connectivity index is 1.73. The molecule has 6 saturated heterocycles. The molecular weight excluding hydrogens is 489 g/mol. The van der Waals surface area contributed by atoms with Crippen LogP contribution in [-0.2, 0) is 49.4 Å². The SMILES string of the molecule is C[Si]12O[Si]3O[Si]4(C)O[Si](C)(O[Si]5O[Si](C)(O1)O[Si](C)(O3)O[Si](C)(O5)O4)O2. The van der Waals surface area contributed by atoms with Crippen LogP contribution in [0.3, 0.4) is 0 Å². The van der Waals surface area contributed by atoms with Gasteiger partial charge in [0.1, 0.15) is 0 Å². The Bertz CT molecular complexity index is 498. The molecule has 0 aliphatic carbocycles. The molecule has 6 heterocycles. The number of hydrogen-bond donors (Lipinski definition) is 0. The molecule has 6 fully saturated rings. The van der Waals surface area contributed by atoms with Gasteiger partial charge in [0.15, 0.2) is 0 Å². The van der Waals surface area contributed by atoms with Gasteiger partial charge in [-0.05, 0) is 0 Å². The van der Waals surface area contributed by atoms with Crippen LogP contribution in [0.5, 0.6) is 0 Å². The maximum absolute atomic E-state index is 6.25. The second-order valence-electron chi connectivity index (χ2n) is 6.90. The second-order valence-corrected chi connectivity index (χ2v) is 28.0. The maximum atomic E-state index is 6.25. The zero-order chi connectivity index (χ0) is 18.6. The van der Waals surface area contributed by atoms with Crippen LogP contribution in [-0.4, -0.2) is 71.9 Å². The van der Waals surface area contributed by atoms with Crippen molar-refractivity contribution in [2.45, 2.75) is 39.3 Å². The summed E-state index contributed by atoms with van der Waals surface area (Å²) >= 11 is 0. The molecule has 6 rings (SSSR count). The van der Waals surface area contributed by atoms with Gasteiger partial charge < -0.3 is 49.4 Å². The lowest BCUT2D eigenvalue weighted by Gasteiger charge is -2.56. The van der Waals surface area contributed by atoms with E-state index < -0.39 is 71.9 Å². The Labute approximate surface area is 160 Å². The monoisotopic (exact) mass is 506 g/mol. The van der Waals surface area contributed by atoms with E-state index in [1.807, 2.05) is 0 Å². The van der Waals surface area contributed by atoms with E-state index >= 15 is 0 Å². The van der Waals surface area contributed by atoms with E-state index in [1.165, 1.54) is 0 Å². The van der Waals surface area contributed by atoms with Gasteiger partial charge in [-0.15, -0.1) is 0 Å². The first kappa shape index (κ1) is 19.2. The predicted molar refractivity (Wildman–Crippen MR) is 94.2 cm³/mol. The van der Waals surface area contributed by atoms with Crippen LogP contribution in [0.1, 0.15) is 0 Å². The molecule has 8 bridgehead atoms. The lowest BCUT2D eigenvalue weighted by molar-refractivity contribution is -0.00370. The van der Waals surface area contributed by atoms with E-state index in [2.05, 4.69) is 0 Å². The molecule has 0 spiro atoms. The summed E-state index contributed by atoms with van der Waals surface area (Å²) in [6.07, 6.45) is 0. The summed E-state index contributed by atoms with van der Waals surface area (Å²) in [5.41, 5.74) is 0. The maximum Gasteiger partial charge on any atom is 0.553 e. The van der Waals surface area contributed by atoms with Crippen LogP contribution in [0.15, 0.2) is 0 Å². The van der Waals surface area contributed by atoms with E-state index in [4.69, 9.17) is 49.4 Å². The highest BCUT2D eigenvalue weighted by Crippen LogP contribution is 2.43. The van der Waals surface area contributed by atoms with Crippen molar-refractivity contribution in [2.24, 2.45) is 0 Å². The fourth-order valence-electron chi connectivity index (χ4n) is 3.43. The van der Waals surface area contributed by atoms with Gasteiger partial charge in [-0.3, -0.25) is 0 Å². The molecule has 0 aromatic carbocycles. The number of hydrogen-bond acceptors (Lipinski definition) is 12. The molecule has 2 radical (unpaired) electrons. The molecule has 20 heteroatoms. The summed E-state index contributed by atoms with van der Waals surface area (Å²) in [6, 6.07) is 0. The fraction of sp³-hybridized carbons (Fsp3) is 1.00. The molecular formula is C6H18O12Si8. The van der Waals surface area contributed by atoms with Crippen molar-refractivity contribution in [2.75, 3.05) is 0 Å². The third-order valence-corrected chi connectivity index (χ3v) is 34.5. The van der Waals surface area contributed by atoms with Crippen molar-refractivity contribution in [3.63, 3.8) is 0 Å². The van der Waals surface area contributed by atoms with Crippen LogP contribution in [0, 0.1) is 0 Å². The summed E-state index contributed by atoms with van der Waals surface area (Å²) in [6.45, 7) is 10.4. The summed E-state index contributed by atoms with van der Waals surface area (Å²) in [7, 11) is -24.6. The van der Waals surface area contributed by atoms with Crippen LogP contribution in [0.4, 0.5) is 0 Å². The molecule has 0 aromatic rings. The van der Waals surface area contributed by atoms with E-state index in [0.29, 0.717) is 0 Å². The molecule has 26 heavy (non-hydrogen) atoms. The molecule has 6 aliphatic heterocycles. The first-order valence-electron chi connectivity index (χ1n) is 7.90. The smallest absolute Gasteiger partial charge is 0.374 e. The Morgan fingerprint density at radius 2 is 0.500 bits per heavy atom. The number of rotatable bonds is 0. The average Bonchev–Trinajstić information content (AvgIpc) is 2.25. The highest BCUT2D eigenvalue weighted by molar-refractivity contribution is 6.98. The van der Waals surface area contributed by atoms with Gasteiger partial charge in [-0.2, -0.15) is 0 Å². The lowest BCUT2D eigenvalue weighted by Crippen LogP contribution is -2.82. The Morgan fingerprint density at radius 1 is 0.346 bits per heavy atom. The first-order valence-corrected chi connectivity index (χ1v) is 23.7. The van der Waals surface area contributed by atoms with Crippen LogP contribution in [0.2, 0.25) is 39.3 Å². The summed E-state index contributed by atoms with van der Waals surface area (Å²) in [4.78, 5) is 0. The predicted octanol–water partition coefficient (Wildman–Crippen LogP) is -0.364. The molecule has 0 aromatic heterocycles. The van der Waals surface area contributed by atoms with Crippen LogP contribution < -0.4 is 0 Å². The molecule has 6 aliphatic rings. The third-order valence-electron chi connectivity index (χ3n) is 3.84. The van der Waals surface area contributed by atoms with Crippen molar-refractivity contribution in [3.05, 3.63) is 0 Å². The van der Waals surface area contributed by atoms with Crippen LogP contribution >= 0.6 is 0 Å². The normalized spacial score (nSPS) is 60.2. The van der Waals surface area contributed by atoms with Gasteiger partial charge in [0.05, 0.1) is 0 Å². The minimum atomic E-state index is -3.31. The van der Waals surface area contributed by atoms with Gasteiger partial charge in [-0.1, -0.05) is 0 Å². The van der Waals surface area contributed by atoms with Crippen molar-refractivity contribution in [3.8, 4) is 0 Å². The van der Waals surface area contributed by atoms with Gasteiger partial charge >= 0.3 is 71.9 Å². The minimum absolute atomic E-state index is 1.73. The molecule has 0 amide bonds. The molecule has 12 nitrogen and oxygen atoms in total. The average molecular weight is 507 g/mol. The quantitative estimate of drug-likeness (QED) is 0.400. The van der Waals surface area contributed by atoms with Gasteiger partial charge in [0, 0.05) is 39.3 Å². The van der Waals surface area contributed by atoms with Gasteiger partial charge in [-0.25, -0.2) is 0 Å². The minimum Gasteiger partial charge on any atom is -0.374 e. The molecule has 0 unspecified atom stereocenters. The zero-order valence-electron chi connectivity index (χ0n) is 14.9. The van der Waals surface area contributed by atoms with Crippen LogP contribution in [0.25, 0.3) is 0 Å². The Hall–Kier alpha value is 1.26. The summed E-state index contributed by atoms with van der Waals surface area (Å²) < 4.78 is 74.3. The van der Waals surface area contributed by atoms with E-state index in [-0.39, 0.29) is 0 Å². The van der Waals surface area contributed by atoms with Gasteiger partial charge in [0.2, 0.25) is 0 Å². The molecule has 146 valence electrons. The van der Waals surface area contributed by atoms with Crippen molar-refractivity contribution in [1.82, 2.24) is 0 Å². The largest absolute Gasteiger partial charge is 0.553 e. The molecule has 0 atom stereocenters. The highest BCUT2D eigenvalue weighted by atomic mass is 28.6. The lowest BCUT2D eigenvalue weighted by atomic mass is 11.9. The van der Waals surface area contributed by atoms with E-state index in [9.17, 15) is 0 Å². The standard InChI is InChI=1S/C6H18O12Si8/c1-21-7-19-8-24(4)15-22(2,13-21)10-20-11-23(3,14-21)16-25(5,9-19)18-26(6,12-20)17-24/h1-6H3.